The van der Waals surface area contributed by atoms with E-state index >= 15 is 0 Å². The highest BCUT2D eigenvalue weighted by molar-refractivity contribution is 5.77. The van der Waals surface area contributed by atoms with Crippen molar-refractivity contribution in [2.24, 2.45) is 16.8 Å². The molecule has 0 amide bonds. The first kappa shape index (κ1) is 12.0. The Morgan fingerprint density at radius 2 is 1.87 bits per heavy atom. The van der Waals surface area contributed by atoms with Crippen LogP contribution in [0.4, 0.5) is 0 Å². The highest BCUT2D eigenvalue weighted by Crippen LogP contribution is 2.19. The molecule has 0 aromatic heterocycles. The van der Waals surface area contributed by atoms with Crippen molar-refractivity contribution in [2.75, 3.05) is 0 Å². The maximum Gasteiger partial charge on any atom is 0.134 e. The van der Waals surface area contributed by atoms with Gasteiger partial charge < -0.3 is 4.74 Å². The number of aliphatic imine (C=N–C) groups is 1. The van der Waals surface area contributed by atoms with E-state index in [1.54, 1.807) is 0 Å². The molecule has 0 aliphatic carbocycles. The second kappa shape index (κ2) is 5.15. The van der Waals surface area contributed by atoms with E-state index < -0.39 is 0 Å². The number of hydrogen-bond acceptors (Lipinski definition) is 2. The van der Waals surface area contributed by atoms with Crippen LogP contribution >= 0.6 is 0 Å². The molecule has 15 heavy (non-hydrogen) atoms. The maximum absolute atomic E-state index is 5.65. The quantitative estimate of drug-likeness (QED) is 0.693. The summed E-state index contributed by atoms with van der Waals surface area (Å²) in [7, 11) is 0. The molecule has 0 aromatic carbocycles. The molecule has 1 aliphatic rings. The lowest BCUT2D eigenvalue weighted by atomic mass is 10.1. The predicted molar refractivity (Wildman–Crippen MR) is 64.9 cm³/mol. The van der Waals surface area contributed by atoms with Gasteiger partial charge in [-0.1, -0.05) is 26.8 Å². The summed E-state index contributed by atoms with van der Waals surface area (Å²) >= 11 is 0. The predicted octanol–water partition coefficient (Wildman–Crippen LogP) is 3.56. The molecule has 0 bridgehead atoms. The number of ether oxygens (including phenoxy) is 1. The molecule has 1 rings (SSSR count). The number of allylic oxidation sites excluding steroid dienone is 4. The summed E-state index contributed by atoms with van der Waals surface area (Å²) in [4.78, 5) is 4.45. The van der Waals surface area contributed by atoms with Crippen LogP contribution in [0.5, 0.6) is 0 Å². The highest BCUT2D eigenvalue weighted by atomic mass is 16.5. The van der Waals surface area contributed by atoms with E-state index in [9.17, 15) is 0 Å². The van der Waals surface area contributed by atoms with Crippen LogP contribution in [0.2, 0.25) is 0 Å². The number of nitrogens with zero attached hydrogens (tertiary/aromatic N) is 1. The molecule has 0 spiro atoms. The Bertz CT molecular complexity index is 298. The Hall–Kier alpha value is -1.05. The fourth-order valence-corrected chi connectivity index (χ4v) is 1.48. The van der Waals surface area contributed by atoms with Gasteiger partial charge in [-0.2, -0.15) is 0 Å². The summed E-state index contributed by atoms with van der Waals surface area (Å²) in [6.07, 6.45) is 6.34. The van der Waals surface area contributed by atoms with Crippen molar-refractivity contribution in [1.29, 1.82) is 0 Å². The molecule has 2 nitrogen and oxygen atoms in total. The molecule has 2 heteroatoms. The maximum atomic E-state index is 5.65. The van der Waals surface area contributed by atoms with Gasteiger partial charge in [-0.15, -0.1) is 0 Å². The molecule has 0 radical (unpaired) electrons. The van der Waals surface area contributed by atoms with Crippen molar-refractivity contribution < 1.29 is 4.74 Å². The van der Waals surface area contributed by atoms with Crippen molar-refractivity contribution in [3.63, 3.8) is 0 Å². The first-order chi connectivity index (χ1) is 6.99. The third kappa shape index (κ3) is 3.90. The minimum absolute atomic E-state index is 0.204. The van der Waals surface area contributed by atoms with E-state index in [1.165, 1.54) is 0 Å². The molecule has 0 N–H and O–H groups in total. The van der Waals surface area contributed by atoms with E-state index in [2.05, 4.69) is 37.9 Å². The van der Waals surface area contributed by atoms with Crippen LogP contribution in [-0.2, 0) is 4.74 Å². The van der Waals surface area contributed by atoms with Gasteiger partial charge >= 0.3 is 0 Å². The van der Waals surface area contributed by atoms with E-state index in [0.717, 1.165) is 11.5 Å². The Balaban J connectivity index is 2.79. The lowest BCUT2D eigenvalue weighted by Gasteiger charge is -2.09. The van der Waals surface area contributed by atoms with Gasteiger partial charge in [0.2, 0.25) is 0 Å². The molecule has 0 saturated carbocycles. The Labute approximate surface area is 92.7 Å². The Morgan fingerprint density at radius 3 is 2.40 bits per heavy atom. The van der Waals surface area contributed by atoms with Crippen molar-refractivity contribution in [1.82, 2.24) is 0 Å². The minimum atomic E-state index is 0.204. The van der Waals surface area contributed by atoms with Gasteiger partial charge in [0.1, 0.15) is 5.76 Å². The minimum Gasteiger partial charge on any atom is -0.490 e. The third-order valence-electron chi connectivity index (χ3n) is 2.16. The monoisotopic (exact) mass is 207 g/mol. The first-order valence-electron chi connectivity index (χ1n) is 5.63. The normalized spacial score (nSPS) is 21.4. The van der Waals surface area contributed by atoms with Crippen molar-refractivity contribution in [2.45, 2.75) is 40.7 Å². The number of hydrogen-bond donors (Lipinski definition) is 0. The van der Waals surface area contributed by atoms with Crippen LogP contribution in [0.3, 0.4) is 0 Å². The van der Waals surface area contributed by atoms with E-state index in [1.807, 2.05) is 20.1 Å². The van der Waals surface area contributed by atoms with Gasteiger partial charge in [0.05, 0.1) is 12.3 Å². The third-order valence-corrected chi connectivity index (χ3v) is 2.16. The zero-order valence-corrected chi connectivity index (χ0v) is 10.3. The van der Waals surface area contributed by atoms with Crippen molar-refractivity contribution in [3.05, 3.63) is 23.6 Å². The van der Waals surface area contributed by atoms with Crippen molar-refractivity contribution >= 4 is 6.21 Å². The molecule has 0 saturated heterocycles. The molecular formula is C13H21NO. The summed E-state index contributed by atoms with van der Waals surface area (Å²) in [6.45, 7) is 10.5. The lowest BCUT2D eigenvalue weighted by Crippen LogP contribution is -2.03. The smallest absolute Gasteiger partial charge is 0.134 e. The van der Waals surface area contributed by atoms with Crippen LogP contribution in [-0.4, -0.2) is 12.3 Å². The molecule has 1 heterocycles. The van der Waals surface area contributed by atoms with E-state index in [0.29, 0.717) is 11.8 Å². The zero-order chi connectivity index (χ0) is 11.4. The van der Waals surface area contributed by atoms with Gasteiger partial charge in [-0.25, -0.2) is 0 Å². The molecule has 1 atom stereocenters. The summed E-state index contributed by atoms with van der Waals surface area (Å²) in [6, 6.07) is 0. The fraction of sp³-hybridized carbons (Fsp3) is 0.615. The van der Waals surface area contributed by atoms with Crippen LogP contribution in [0.25, 0.3) is 0 Å². The first-order valence-corrected chi connectivity index (χ1v) is 5.63. The average Bonchev–Trinajstić information content (AvgIpc) is 2.26. The second-order valence-electron chi connectivity index (χ2n) is 4.60. The van der Waals surface area contributed by atoms with Gasteiger partial charge in [0.25, 0.3) is 0 Å². The van der Waals surface area contributed by atoms with Gasteiger partial charge in [0, 0.05) is 5.70 Å². The second-order valence-corrected chi connectivity index (χ2v) is 4.60. The lowest BCUT2D eigenvalue weighted by molar-refractivity contribution is 0.163. The van der Waals surface area contributed by atoms with Crippen LogP contribution in [0.15, 0.2) is 28.6 Å². The Morgan fingerprint density at radius 1 is 1.20 bits per heavy atom. The van der Waals surface area contributed by atoms with Crippen LogP contribution < -0.4 is 0 Å². The molecule has 84 valence electrons. The molecule has 1 unspecified atom stereocenters. The molecule has 0 aromatic rings. The summed E-state index contributed by atoms with van der Waals surface area (Å²) in [5.41, 5.74) is 1.14. The van der Waals surface area contributed by atoms with Gasteiger partial charge in [-0.3, -0.25) is 4.99 Å². The Kier molecular flexibility index (Phi) is 4.13. The molecule has 1 aliphatic heterocycles. The average molecular weight is 207 g/mol. The zero-order valence-electron chi connectivity index (χ0n) is 10.3. The van der Waals surface area contributed by atoms with Crippen LogP contribution in [0, 0.1) is 11.8 Å². The fourth-order valence-electron chi connectivity index (χ4n) is 1.48. The van der Waals surface area contributed by atoms with E-state index in [-0.39, 0.29) is 6.10 Å². The molecular weight excluding hydrogens is 186 g/mol. The highest BCUT2D eigenvalue weighted by Gasteiger charge is 2.09. The van der Waals surface area contributed by atoms with Crippen molar-refractivity contribution in [3.8, 4) is 0 Å². The summed E-state index contributed by atoms with van der Waals surface area (Å²) in [5, 5.41) is 0. The number of rotatable bonds is 3. The SMILES string of the molecule is CC1C=C(OC(C)C)C=NC(C(C)C)=C1. The topological polar surface area (TPSA) is 21.6 Å². The van der Waals surface area contributed by atoms with Crippen LogP contribution in [0.1, 0.15) is 34.6 Å². The van der Waals surface area contributed by atoms with E-state index in [4.69, 9.17) is 4.74 Å². The largest absolute Gasteiger partial charge is 0.490 e. The summed E-state index contributed by atoms with van der Waals surface area (Å²) in [5.74, 6) is 1.73. The molecule has 0 fully saturated rings. The summed E-state index contributed by atoms with van der Waals surface area (Å²) < 4.78 is 5.65. The standard InChI is InChI=1S/C13H21NO/c1-9(2)13-7-11(5)6-12(8-14-13)15-10(3)4/h6-11H,1-5H3. The van der Waals surface area contributed by atoms with Gasteiger partial charge in [-0.05, 0) is 31.8 Å². The van der Waals surface area contributed by atoms with Gasteiger partial charge in [0.15, 0.2) is 0 Å².